The third-order valence-corrected chi connectivity index (χ3v) is 3.86. The van der Waals surface area contributed by atoms with E-state index in [1.165, 1.54) is 12.8 Å². The van der Waals surface area contributed by atoms with Crippen LogP contribution in [-0.2, 0) is 0 Å². The Bertz CT molecular complexity index is 382. The number of halogens is 1. The molecule has 1 unspecified atom stereocenters. The number of hydrogen-bond acceptors (Lipinski definition) is 4. The van der Waals surface area contributed by atoms with Gasteiger partial charge in [-0.25, -0.2) is 0 Å². The van der Waals surface area contributed by atoms with Gasteiger partial charge in [-0.2, -0.15) is 0 Å². The molecular weight excluding hydrogens is 246 g/mol. The van der Waals surface area contributed by atoms with Crippen LogP contribution in [0.1, 0.15) is 36.0 Å². The van der Waals surface area contributed by atoms with Crippen molar-refractivity contribution in [3.63, 3.8) is 0 Å². The van der Waals surface area contributed by atoms with Gasteiger partial charge in [0.15, 0.2) is 0 Å². The van der Waals surface area contributed by atoms with Crippen LogP contribution in [0, 0.1) is 5.92 Å². The highest BCUT2D eigenvalue weighted by Gasteiger charge is 2.28. The fourth-order valence-electron chi connectivity index (χ4n) is 2.09. The van der Waals surface area contributed by atoms with E-state index >= 15 is 0 Å². The van der Waals surface area contributed by atoms with Gasteiger partial charge in [-0.3, -0.25) is 4.79 Å². The van der Waals surface area contributed by atoms with Crippen LogP contribution < -0.4 is 0 Å². The summed E-state index contributed by atoms with van der Waals surface area (Å²) in [5.74, 6) is 0.625. The fourth-order valence-corrected chi connectivity index (χ4v) is 2.88. The van der Waals surface area contributed by atoms with Gasteiger partial charge in [0.1, 0.15) is 0 Å². The number of amides is 1. The Labute approximate surface area is 104 Å². The van der Waals surface area contributed by atoms with Crippen molar-refractivity contribution in [1.82, 2.24) is 15.1 Å². The molecule has 1 aromatic heterocycles. The Kier molecular flexibility index (Phi) is 3.76. The molecule has 4 nitrogen and oxygen atoms in total. The lowest BCUT2D eigenvalue weighted by molar-refractivity contribution is 0.0785. The Morgan fingerprint density at radius 3 is 3.06 bits per heavy atom. The second-order valence-corrected chi connectivity index (χ2v) is 5.61. The van der Waals surface area contributed by atoms with Crippen molar-refractivity contribution in [1.29, 1.82) is 0 Å². The molecular formula is C10H14ClN3OS. The Balaban J connectivity index is 1.97. The molecule has 6 heteroatoms. The van der Waals surface area contributed by atoms with Crippen LogP contribution in [0.25, 0.3) is 0 Å². The van der Waals surface area contributed by atoms with Crippen LogP contribution in [0.5, 0.6) is 0 Å². The van der Waals surface area contributed by atoms with Gasteiger partial charge < -0.3 is 4.90 Å². The molecule has 0 bridgehead atoms. The SMILES string of the molecule is CCCC1CCN(C(=O)c2nnc(Cl)s2)C1. The van der Waals surface area contributed by atoms with Gasteiger partial charge in [-0.15, -0.1) is 10.2 Å². The number of carbonyl (C=O) groups excluding carboxylic acids is 1. The van der Waals surface area contributed by atoms with Gasteiger partial charge in [-0.05, 0) is 30.4 Å². The third-order valence-electron chi connectivity index (χ3n) is 2.85. The Morgan fingerprint density at radius 1 is 1.62 bits per heavy atom. The van der Waals surface area contributed by atoms with E-state index in [2.05, 4.69) is 17.1 Å². The minimum absolute atomic E-state index is 0.0250. The van der Waals surface area contributed by atoms with E-state index in [-0.39, 0.29) is 5.91 Å². The first-order valence-electron chi connectivity index (χ1n) is 5.49. The number of aromatic nitrogens is 2. The second-order valence-electron chi connectivity index (χ2n) is 4.05. The van der Waals surface area contributed by atoms with Gasteiger partial charge in [0.05, 0.1) is 0 Å². The zero-order valence-corrected chi connectivity index (χ0v) is 10.7. The van der Waals surface area contributed by atoms with Crippen molar-refractivity contribution in [2.24, 2.45) is 5.92 Å². The quantitative estimate of drug-likeness (QED) is 0.838. The van der Waals surface area contributed by atoms with Crippen LogP contribution in [0.15, 0.2) is 0 Å². The molecule has 1 aliphatic rings. The average Bonchev–Trinajstić information content (AvgIpc) is 2.87. The number of carbonyl (C=O) groups is 1. The van der Waals surface area contributed by atoms with Crippen LogP contribution >= 0.6 is 22.9 Å². The highest BCUT2D eigenvalue weighted by atomic mass is 35.5. The first-order chi connectivity index (χ1) is 7.70. The molecule has 0 aliphatic carbocycles. The van der Waals surface area contributed by atoms with Crippen molar-refractivity contribution in [3.8, 4) is 0 Å². The summed E-state index contributed by atoms with van der Waals surface area (Å²) in [7, 11) is 0. The predicted octanol–water partition coefficient (Wildman–Crippen LogP) is 2.45. The van der Waals surface area contributed by atoms with Gasteiger partial charge in [0, 0.05) is 13.1 Å². The zero-order valence-electron chi connectivity index (χ0n) is 9.15. The van der Waals surface area contributed by atoms with Crippen molar-refractivity contribution in [2.75, 3.05) is 13.1 Å². The van der Waals surface area contributed by atoms with E-state index < -0.39 is 0 Å². The number of rotatable bonds is 3. The summed E-state index contributed by atoms with van der Waals surface area (Å²) in [4.78, 5) is 13.8. The van der Waals surface area contributed by atoms with E-state index in [1.54, 1.807) is 0 Å². The average molecular weight is 260 g/mol. The number of likely N-dealkylation sites (tertiary alicyclic amines) is 1. The summed E-state index contributed by atoms with van der Waals surface area (Å²) in [6.07, 6.45) is 3.48. The van der Waals surface area contributed by atoms with Gasteiger partial charge in [-0.1, -0.05) is 24.7 Å². The molecule has 88 valence electrons. The van der Waals surface area contributed by atoms with Crippen molar-refractivity contribution in [2.45, 2.75) is 26.2 Å². The first-order valence-corrected chi connectivity index (χ1v) is 6.68. The van der Waals surface area contributed by atoms with Gasteiger partial charge in [0.2, 0.25) is 9.47 Å². The molecule has 1 amide bonds. The summed E-state index contributed by atoms with van der Waals surface area (Å²) in [6, 6.07) is 0. The minimum atomic E-state index is -0.0250. The van der Waals surface area contributed by atoms with E-state index in [0.29, 0.717) is 15.4 Å². The number of hydrogen-bond donors (Lipinski definition) is 0. The van der Waals surface area contributed by atoms with Gasteiger partial charge >= 0.3 is 0 Å². The third kappa shape index (κ3) is 2.52. The molecule has 1 fully saturated rings. The normalized spacial score (nSPS) is 20.4. The summed E-state index contributed by atoms with van der Waals surface area (Å²) in [6.45, 7) is 3.86. The predicted molar refractivity (Wildman–Crippen MR) is 63.8 cm³/mol. The lowest BCUT2D eigenvalue weighted by Gasteiger charge is -2.14. The van der Waals surface area contributed by atoms with E-state index in [9.17, 15) is 4.79 Å². The summed E-state index contributed by atoms with van der Waals surface area (Å²) >= 11 is 6.81. The highest BCUT2D eigenvalue weighted by molar-refractivity contribution is 7.17. The molecule has 0 N–H and O–H groups in total. The second kappa shape index (κ2) is 5.10. The summed E-state index contributed by atoms with van der Waals surface area (Å²) < 4.78 is 0.327. The van der Waals surface area contributed by atoms with Crippen molar-refractivity contribution >= 4 is 28.8 Å². The fraction of sp³-hybridized carbons (Fsp3) is 0.700. The lowest BCUT2D eigenvalue weighted by atomic mass is 10.0. The maximum atomic E-state index is 12.0. The summed E-state index contributed by atoms with van der Waals surface area (Å²) in [5, 5.41) is 7.83. The molecule has 0 saturated carbocycles. The van der Waals surface area contributed by atoms with Crippen molar-refractivity contribution < 1.29 is 4.79 Å². The van der Waals surface area contributed by atoms with E-state index in [0.717, 1.165) is 30.8 Å². The number of nitrogens with zero attached hydrogens (tertiary/aromatic N) is 3. The Hall–Kier alpha value is -0.680. The van der Waals surface area contributed by atoms with Crippen LogP contribution in [0.2, 0.25) is 4.47 Å². The topological polar surface area (TPSA) is 46.1 Å². The molecule has 0 radical (unpaired) electrons. The smallest absolute Gasteiger partial charge is 0.284 e. The van der Waals surface area contributed by atoms with Crippen LogP contribution in [-0.4, -0.2) is 34.1 Å². The van der Waals surface area contributed by atoms with Crippen LogP contribution in [0.3, 0.4) is 0 Å². The zero-order chi connectivity index (χ0) is 11.5. The van der Waals surface area contributed by atoms with E-state index in [4.69, 9.17) is 11.6 Å². The van der Waals surface area contributed by atoms with Crippen LogP contribution in [0.4, 0.5) is 0 Å². The monoisotopic (exact) mass is 259 g/mol. The van der Waals surface area contributed by atoms with E-state index in [1.807, 2.05) is 4.90 Å². The Morgan fingerprint density at radius 2 is 2.44 bits per heavy atom. The molecule has 1 atom stereocenters. The molecule has 2 rings (SSSR count). The molecule has 1 aliphatic heterocycles. The molecule has 1 saturated heterocycles. The molecule has 0 aromatic carbocycles. The minimum Gasteiger partial charge on any atom is -0.336 e. The standard InChI is InChI=1S/C10H14ClN3OS/c1-2-3-7-4-5-14(6-7)9(15)8-12-13-10(11)16-8/h7H,2-6H2,1H3. The molecule has 2 heterocycles. The lowest BCUT2D eigenvalue weighted by Crippen LogP contribution is -2.28. The largest absolute Gasteiger partial charge is 0.336 e. The maximum absolute atomic E-state index is 12.0. The molecule has 16 heavy (non-hydrogen) atoms. The highest BCUT2D eigenvalue weighted by Crippen LogP contribution is 2.24. The summed E-state index contributed by atoms with van der Waals surface area (Å²) in [5.41, 5.74) is 0. The van der Waals surface area contributed by atoms with Gasteiger partial charge in [0.25, 0.3) is 5.91 Å². The first kappa shape index (κ1) is 11.8. The molecule has 0 spiro atoms. The maximum Gasteiger partial charge on any atom is 0.284 e. The molecule has 1 aromatic rings. The van der Waals surface area contributed by atoms with Crippen molar-refractivity contribution in [3.05, 3.63) is 9.47 Å².